The third-order valence-electron chi connectivity index (χ3n) is 3.04. The molecule has 0 amide bonds. The molecule has 0 N–H and O–H groups in total. The highest BCUT2D eigenvalue weighted by Crippen LogP contribution is 2.34. The Balaban J connectivity index is 2.36. The largest absolute Gasteiger partial charge is 0.573 e. The van der Waals surface area contributed by atoms with Crippen LogP contribution in [0.5, 0.6) is 11.5 Å². The first kappa shape index (κ1) is 17.6. The average Bonchev–Trinajstić information content (AvgIpc) is 2.51. The van der Waals surface area contributed by atoms with Gasteiger partial charge in [-0.1, -0.05) is 19.1 Å². The number of hydrogen-bond donors (Lipinski definition) is 0. The van der Waals surface area contributed by atoms with Gasteiger partial charge in [-0.3, -0.25) is 10.1 Å². The number of nitro benzene ring substituents is 1. The van der Waals surface area contributed by atoms with E-state index in [0.717, 1.165) is 18.6 Å². The number of nitrogens with zero attached hydrogens (tertiary/aromatic N) is 1. The molecular weight excluding hydrogens is 327 g/mol. The summed E-state index contributed by atoms with van der Waals surface area (Å²) in [6.07, 6.45) is -4.02. The van der Waals surface area contributed by atoms with Crippen molar-refractivity contribution in [3.63, 3.8) is 0 Å². The second-order valence-electron chi connectivity index (χ2n) is 4.86. The highest BCUT2D eigenvalue weighted by Gasteiger charge is 2.31. The number of hydrogen-bond acceptors (Lipinski definition) is 4. The lowest BCUT2D eigenvalue weighted by molar-refractivity contribution is -0.384. The molecule has 2 aromatic rings. The standard InChI is InChI=1S/C16H14F3NO4/c1-2-9-23-13-7-8-15(20(21)22)14(10-13)11-3-5-12(6-4-11)24-16(17,18)19/h3-8,10H,2,9H2,1H3. The molecule has 0 heterocycles. The molecule has 8 heteroatoms. The van der Waals surface area contributed by atoms with E-state index in [1.807, 2.05) is 6.92 Å². The van der Waals surface area contributed by atoms with Gasteiger partial charge in [0.05, 0.1) is 17.1 Å². The van der Waals surface area contributed by atoms with Crippen molar-refractivity contribution in [2.45, 2.75) is 19.7 Å². The first-order valence-electron chi connectivity index (χ1n) is 7.07. The van der Waals surface area contributed by atoms with Gasteiger partial charge in [0, 0.05) is 6.07 Å². The van der Waals surface area contributed by atoms with Crippen molar-refractivity contribution in [2.75, 3.05) is 6.61 Å². The van der Waals surface area contributed by atoms with Gasteiger partial charge in [0.1, 0.15) is 11.5 Å². The normalized spacial score (nSPS) is 11.2. The van der Waals surface area contributed by atoms with E-state index < -0.39 is 17.0 Å². The van der Waals surface area contributed by atoms with Gasteiger partial charge < -0.3 is 9.47 Å². The fourth-order valence-corrected chi connectivity index (χ4v) is 2.05. The Bertz CT molecular complexity index is 714. The lowest BCUT2D eigenvalue weighted by Gasteiger charge is -2.10. The highest BCUT2D eigenvalue weighted by atomic mass is 19.4. The topological polar surface area (TPSA) is 61.6 Å². The van der Waals surface area contributed by atoms with Crippen LogP contribution in [0.2, 0.25) is 0 Å². The number of alkyl halides is 3. The van der Waals surface area contributed by atoms with Crippen molar-refractivity contribution in [2.24, 2.45) is 0 Å². The molecule has 0 saturated carbocycles. The van der Waals surface area contributed by atoms with Gasteiger partial charge in [0.25, 0.3) is 5.69 Å². The van der Waals surface area contributed by atoms with Crippen LogP contribution in [0.3, 0.4) is 0 Å². The van der Waals surface area contributed by atoms with Gasteiger partial charge in [-0.25, -0.2) is 0 Å². The summed E-state index contributed by atoms with van der Waals surface area (Å²) < 4.78 is 45.8. The van der Waals surface area contributed by atoms with Gasteiger partial charge in [0.2, 0.25) is 0 Å². The zero-order valence-electron chi connectivity index (χ0n) is 12.7. The fraction of sp³-hybridized carbons (Fsp3) is 0.250. The third kappa shape index (κ3) is 4.61. The summed E-state index contributed by atoms with van der Waals surface area (Å²) in [5.74, 6) is 0.0559. The van der Waals surface area contributed by atoms with Crippen LogP contribution in [0, 0.1) is 10.1 Å². The molecule has 2 aromatic carbocycles. The third-order valence-corrected chi connectivity index (χ3v) is 3.04. The molecule has 128 valence electrons. The minimum atomic E-state index is -4.79. The van der Waals surface area contributed by atoms with Gasteiger partial charge in [-0.15, -0.1) is 13.2 Å². The van der Waals surface area contributed by atoms with Gasteiger partial charge in [-0.2, -0.15) is 0 Å². The molecule has 0 aliphatic rings. The first-order valence-corrected chi connectivity index (χ1v) is 7.07. The molecule has 0 atom stereocenters. The van der Waals surface area contributed by atoms with Crippen LogP contribution in [0.25, 0.3) is 11.1 Å². The summed E-state index contributed by atoms with van der Waals surface area (Å²) in [7, 11) is 0. The molecule has 0 spiro atoms. The zero-order chi connectivity index (χ0) is 17.7. The lowest BCUT2D eigenvalue weighted by atomic mass is 10.0. The lowest BCUT2D eigenvalue weighted by Crippen LogP contribution is -2.16. The van der Waals surface area contributed by atoms with Crippen molar-refractivity contribution in [1.29, 1.82) is 0 Å². The molecule has 0 aliphatic carbocycles. The Morgan fingerprint density at radius 1 is 1.08 bits per heavy atom. The Hall–Kier alpha value is -2.77. The van der Waals surface area contributed by atoms with E-state index in [1.165, 1.54) is 30.3 Å². The number of rotatable bonds is 6. The number of halogens is 3. The Morgan fingerprint density at radius 3 is 2.25 bits per heavy atom. The maximum atomic E-state index is 12.2. The monoisotopic (exact) mass is 341 g/mol. The van der Waals surface area contributed by atoms with Crippen LogP contribution in [0.15, 0.2) is 42.5 Å². The average molecular weight is 341 g/mol. The molecular formula is C16H14F3NO4. The van der Waals surface area contributed by atoms with Crippen molar-refractivity contribution in [3.8, 4) is 22.6 Å². The summed E-state index contributed by atoms with van der Waals surface area (Å²) in [6.45, 7) is 2.38. The molecule has 0 radical (unpaired) electrons. The van der Waals surface area contributed by atoms with Crippen LogP contribution in [-0.2, 0) is 0 Å². The van der Waals surface area contributed by atoms with Crippen LogP contribution >= 0.6 is 0 Å². The smallest absolute Gasteiger partial charge is 0.494 e. The first-order chi connectivity index (χ1) is 11.3. The zero-order valence-corrected chi connectivity index (χ0v) is 12.7. The number of ether oxygens (including phenoxy) is 2. The Labute approximate surface area is 135 Å². The maximum Gasteiger partial charge on any atom is 0.573 e. The summed E-state index contributed by atoms with van der Waals surface area (Å²) in [5.41, 5.74) is 0.480. The minimum Gasteiger partial charge on any atom is -0.494 e. The molecule has 0 unspecified atom stereocenters. The van der Waals surface area contributed by atoms with Gasteiger partial charge >= 0.3 is 6.36 Å². The Kier molecular flexibility index (Phi) is 5.28. The maximum absolute atomic E-state index is 12.2. The molecule has 0 aliphatic heterocycles. The van der Waals surface area contributed by atoms with E-state index in [0.29, 0.717) is 17.9 Å². The van der Waals surface area contributed by atoms with Gasteiger partial charge in [-0.05, 0) is 36.2 Å². The van der Waals surface area contributed by atoms with E-state index in [9.17, 15) is 23.3 Å². The van der Waals surface area contributed by atoms with Crippen LogP contribution in [0.1, 0.15) is 13.3 Å². The quantitative estimate of drug-likeness (QED) is 0.551. The molecule has 0 fully saturated rings. The second kappa shape index (κ2) is 7.20. The molecule has 0 bridgehead atoms. The predicted octanol–water partition coefficient (Wildman–Crippen LogP) is 4.95. The van der Waals surface area contributed by atoms with E-state index in [4.69, 9.17) is 4.74 Å². The second-order valence-corrected chi connectivity index (χ2v) is 4.86. The molecule has 0 aromatic heterocycles. The van der Waals surface area contributed by atoms with Crippen molar-refractivity contribution >= 4 is 5.69 Å². The predicted molar refractivity (Wildman–Crippen MR) is 81.0 cm³/mol. The van der Waals surface area contributed by atoms with Crippen molar-refractivity contribution < 1.29 is 27.6 Å². The summed E-state index contributed by atoms with van der Waals surface area (Å²) >= 11 is 0. The Morgan fingerprint density at radius 2 is 1.71 bits per heavy atom. The van der Waals surface area contributed by atoms with Crippen LogP contribution in [-0.4, -0.2) is 17.9 Å². The highest BCUT2D eigenvalue weighted by molar-refractivity contribution is 5.75. The number of nitro groups is 1. The van der Waals surface area contributed by atoms with E-state index >= 15 is 0 Å². The molecule has 5 nitrogen and oxygen atoms in total. The van der Waals surface area contributed by atoms with Crippen molar-refractivity contribution in [3.05, 3.63) is 52.6 Å². The molecule has 0 saturated heterocycles. The number of benzene rings is 2. The minimum absolute atomic E-state index is 0.164. The molecule has 2 rings (SSSR count). The van der Waals surface area contributed by atoms with Crippen molar-refractivity contribution in [1.82, 2.24) is 0 Å². The van der Waals surface area contributed by atoms with Crippen LogP contribution < -0.4 is 9.47 Å². The molecule has 24 heavy (non-hydrogen) atoms. The van der Waals surface area contributed by atoms with Crippen LogP contribution in [0.4, 0.5) is 18.9 Å². The SMILES string of the molecule is CCCOc1ccc([N+](=O)[O-])c(-c2ccc(OC(F)(F)F)cc2)c1. The van der Waals surface area contributed by atoms with E-state index in [1.54, 1.807) is 0 Å². The van der Waals surface area contributed by atoms with Gasteiger partial charge in [0.15, 0.2) is 0 Å². The summed E-state index contributed by atoms with van der Waals surface area (Å²) in [6, 6.07) is 9.14. The van der Waals surface area contributed by atoms with E-state index in [2.05, 4.69) is 4.74 Å². The van der Waals surface area contributed by atoms with E-state index in [-0.39, 0.29) is 11.3 Å². The summed E-state index contributed by atoms with van der Waals surface area (Å²) in [5, 5.41) is 11.2. The fourth-order valence-electron chi connectivity index (χ4n) is 2.05. The summed E-state index contributed by atoms with van der Waals surface area (Å²) in [4.78, 5) is 10.6.